The van der Waals surface area contributed by atoms with Gasteiger partial charge in [-0.1, -0.05) is 6.07 Å². The maximum atomic E-state index is 4.55. The lowest BCUT2D eigenvalue weighted by molar-refractivity contribution is 0.837. The van der Waals surface area contributed by atoms with E-state index in [1.807, 2.05) is 30.6 Å². The van der Waals surface area contributed by atoms with Crippen LogP contribution in [0.4, 0.5) is 11.5 Å². The van der Waals surface area contributed by atoms with Crippen molar-refractivity contribution in [2.24, 2.45) is 0 Å². The Morgan fingerprint density at radius 3 is 2.60 bits per heavy atom. The van der Waals surface area contributed by atoms with Crippen LogP contribution in [0.2, 0.25) is 0 Å². The molecule has 1 saturated heterocycles. The van der Waals surface area contributed by atoms with E-state index < -0.39 is 0 Å². The highest BCUT2D eigenvalue weighted by molar-refractivity contribution is 5.49. The zero-order valence-electron chi connectivity index (χ0n) is 11.8. The minimum atomic E-state index is 0.177. The molecule has 2 aromatic rings. The van der Waals surface area contributed by atoms with Crippen molar-refractivity contribution in [3.8, 4) is 0 Å². The third-order valence-corrected chi connectivity index (χ3v) is 3.69. The quantitative estimate of drug-likeness (QED) is 0.924. The first-order chi connectivity index (χ1) is 9.83. The number of aromatic nitrogens is 2. The van der Waals surface area contributed by atoms with Gasteiger partial charge in [-0.15, -0.1) is 0 Å². The van der Waals surface area contributed by atoms with E-state index in [0.717, 1.165) is 30.3 Å². The van der Waals surface area contributed by atoms with E-state index in [1.54, 1.807) is 0 Å². The lowest BCUT2D eigenvalue weighted by atomic mass is 10.2. The summed E-state index contributed by atoms with van der Waals surface area (Å²) in [6.45, 7) is 4.37. The van der Waals surface area contributed by atoms with E-state index in [4.69, 9.17) is 0 Å². The van der Waals surface area contributed by atoms with Crippen LogP contribution in [0, 0.1) is 0 Å². The zero-order chi connectivity index (χ0) is 13.8. The summed E-state index contributed by atoms with van der Waals surface area (Å²) in [5.41, 5.74) is 2.07. The van der Waals surface area contributed by atoms with Crippen molar-refractivity contribution in [3.63, 3.8) is 0 Å². The number of hydrogen-bond acceptors (Lipinski definition) is 4. The lowest BCUT2D eigenvalue weighted by Crippen LogP contribution is -2.18. The second-order valence-corrected chi connectivity index (χ2v) is 5.22. The summed E-state index contributed by atoms with van der Waals surface area (Å²) < 4.78 is 0. The van der Waals surface area contributed by atoms with E-state index in [9.17, 15) is 0 Å². The number of anilines is 2. The van der Waals surface area contributed by atoms with Gasteiger partial charge in [-0.2, -0.15) is 0 Å². The Morgan fingerprint density at radius 2 is 1.95 bits per heavy atom. The molecular weight excluding hydrogens is 248 g/mol. The maximum Gasteiger partial charge on any atom is 0.128 e. The highest BCUT2D eigenvalue weighted by Crippen LogP contribution is 2.21. The fourth-order valence-corrected chi connectivity index (χ4v) is 2.56. The van der Waals surface area contributed by atoms with Gasteiger partial charge in [-0.05, 0) is 44.0 Å². The van der Waals surface area contributed by atoms with Gasteiger partial charge in [0.25, 0.3) is 0 Å². The van der Waals surface area contributed by atoms with Gasteiger partial charge >= 0.3 is 0 Å². The molecule has 0 bridgehead atoms. The monoisotopic (exact) mass is 268 g/mol. The van der Waals surface area contributed by atoms with Crippen molar-refractivity contribution in [1.29, 1.82) is 0 Å². The molecule has 3 rings (SSSR count). The summed E-state index contributed by atoms with van der Waals surface area (Å²) in [5.74, 6) is 1.08. The standard InChI is InChI=1S/C16H20N4/c1-13(15-6-2-3-9-17-15)19-14-7-8-16(18-12-14)20-10-4-5-11-20/h2-3,6-9,12-13,19H,4-5,10-11H2,1H3. The molecule has 0 aliphatic carbocycles. The second kappa shape index (κ2) is 5.90. The Hall–Kier alpha value is -2.10. The van der Waals surface area contributed by atoms with Gasteiger partial charge < -0.3 is 10.2 Å². The average Bonchev–Trinajstić information content (AvgIpc) is 3.03. The van der Waals surface area contributed by atoms with E-state index in [-0.39, 0.29) is 6.04 Å². The Kier molecular flexibility index (Phi) is 3.81. The normalized spacial score (nSPS) is 16.1. The average molecular weight is 268 g/mol. The molecule has 0 spiro atoms. The van der Waals surface area contributed by atoms with E-state index in [0.29, 0.717) is 0 Å². The number of nitrogens with zero attached hydrogens (tertiary/aromatic N) is 3. The van der Waals surface area contributed by atoms with Gasteiger partial charge in [-0.25, -0.2) is 4.98 Å². The van der Waals surface area contributed by atoms with Crippen molar-refractivity contribution < 1.29 is 0 Å². The molecule has 3 heterocycles. The van der Waals surface area contributed by atoms with Gasteiger partial charge in [0.1, 0.15) is 5.82 Å². The zero-order valence-corrected chi connectivity index (χ0v) is 11.8. The Balaban J connectivity index is 1.66. The molecule has 20 heavy (non-hydrogen) atoms. The molecule has 104 valence electrons. The van der Waals surface area contributed by atoms with Crippen LogP contribution >= 0.6 is 0 Å². The fraction of sp³-hybridized carbons (Fsp3) is 0.375. The van der Waals surface area contributed by atoms with Crippen LogP contribution in [0.3, 0.4) is 0 Å². The summed E-state index contributed by atoms with van der Waals surface area (Å²) in [7, 11) is 0. The molecule has 1 fully saturated rings. The van der Waals surface area contributed by atoms with Crippen molar-refractivity contribution >= 4 is 11.5 Å². The predicted molar refractivity (Wildman–Crippen MR) is 82.0 cm³/mol. The molecule has 1 aliphatic heterocycles. The summed E-state index contributed by atoms with van der Waals surface area (Å²) in [6.07, 6.45) is 6.28. The highest BCUT2D eigenvalue weighted by Gasteiger charge is 2.13. The Labute approximate surface area is 119 Å². The van der Waals surface area contributed by atoms with E-state index in [1.165, 1.54) is 12.8 Å². The van der Waals surface area contributed by atoms with Crippen molar-refractivity contribution in [2.75, 3.05) is 23.3 Å². The van der Waals surface area contributed by atoms with Gasteiger partial charge in [0.15, 0.2) is 0 Å². The third-order valence-electron chi connectivity index (χ3n) is 3.69. The van der Waals surface area contributed by atoms with E-state index in [2.05, 4.69) is 39.2 Å². The van der Waals surface area contributed by atoms with Crippen LogP contribution in [0.5, 0.6) is 0 Å². The molecule has 4 nitrogen and oxygen atoms in total. The largest absolute Gasteiger partial charge is 0.376 e. The van der Waals surface area contributed by atoms with Crippen LogP contribution in [0.15, 0.2) is 42.7 Å². The number of hydrogen-bond donors (Lipinski definition) is 1. The van der Waals surface area contributed by atoms with Crippen LogP contribution in [0.1, 0.15) is 31.5 Å². The minimum Gasteiger partial charge on any atom is -0.376 e. The summed E-state index contributed by atoms with van der Waals surface area (Å²) >= 11 is 0. The van der Waals surface area contributed by atoms with Crippen LogP contribution in [-0.4, -0.2) is 23.1 Å². The van der Waals surface area contributed by atoms with Gasteiger partial charge in [0.2, 0.25) is 0 Å². The van der Waals surface area contributed by atoms with Crippen molar-refractivity contribution in [3.05, 3.63) is 48.4 Å². The molecule has 4 heteroatoms. The molecule has 1 atom stereocenters. The topological polar surface area (TPSA) is 41.0 Å². The van der Waals surface area contributed by atoms with E-state index >= 15 is 0 Å². The highest BCUT2D eigenvalue weighted by atomic mass is 15.2. The second-order valence-electron chi connectivity index (χ2n) is 5.22. The Morgan fingerprint density at radius 1 is 1.10 bits per heavy atom. The first-order valence-electron chi connectivity index (χ1n) is 7.21. The van der Waals surface area contributed by atoms with Gasteiger partial charge in [-0.3, -0.25) is 4.98 Å². The molecule has 0 aromatic carbocycles. The molecule has 1 N–H and O–H groups in total. The van der Waals surface area contributed by atoms with Crippen LogP contribution in [0.25, 0.3) is 0 Å². The first kappa shape index (κ1) is 12.9. The molecule has 0 radical (unpaired) electrons. The van der Waals surface area contributed by atoms with Gasteiger partial charge in [0, 0.05) is 19.3 Å². The number of nitrogens with one attached hydrogen (secondary N) is 1. The first-order valence-corrected chi connectivity index (χ1v) is 7.21. The van der Waals surface area contributed by atoms with Crippen LogP contribution < -0.4 is 10.2 Å². The number of pyridine rings is 2. The SMILES string of the molecule is CC(Nc1ccc(N2CCCC2)nc1)c1ccccn1. The van der Waals surface area contributed by atoms with Crippen molar-refractivity contribution in [2.45, 2.75) is 25.8 Å². The van der Waals surface area contributed by atoms with Gasteiger partial charge in [0.05, 0.1) is 23.6 Å². The van der Waals surface area contributed by atoms with Crippen LogP contribution in [-0.2, 0) is 0 Å². The summed E-state index contributed by atoms with van der Waals surface area (Å²) in [4.78, 5) is 11.3. The third kappa shape index (κ3) is 2.90. The predicted octanol–water partition coefficient (Wildman–Crippen LogP) is 3.25. The molecule has 2 aromatic heterocycles. The molecule has 0 saturated carbocycles. The Bertz CT molecular complexity index is 532. The number of rotatable bonds is 4. The fourth-order valence-electron chi connectivity index (χ4n) is 2.56. The summed E-state index contributed by atoms with van der Waals surface area (Å²) in [6, 6.07) is 10.3. The van der Waals surface area contributed by atoms with Crippen molar-refractivity contribution in [1.82, 2.24) is 9.97 Å². The lowest BCUT2D eigenvalue weighted by Gasteiger charge is -2.18. The molecule has 0 amide bonds. The minimum absolute atomic E-state index is 0.177. The molecule has 1 unspecified atom stereocenters. The maximum absolute atomic E-state index is 4.55. The molecular formula is C16H20N4. The smallest absolute Gasteiger partial charge is 0.128 e. The summed E-state index contributed by atoms with van der Waals surface area (Å²) in [5, 5.41) is 3.43. The molecule has 1 aliphatic rings.